The first-order valence-electron chi connectivity index (χ1n) is 7.01. The first-order chi connectivity index (χ1) is 10.2. The molecule has 21 heavy (non-hydrogen) atoms. The van der Waals surface area contributed by atoms with E-state index in [2.05, 4.69) is 0 Å². The van der Waals surface area contributed by atoms with Crippen LogP contribution in [0.2, 0.25) is 0 Å². The molecule has 0 heterocycles. The van der Waals surface area contributed by atoms with E-state index >= 15 is 0 Å². The van der Waals surface area contributed by atoms with Crippen LogP contribution < -0.4 is 4.74 Å². The minimum Gasteiger partial charge on any atom is -0.493 e. The molecule has 1 N–H and O–H groups in total. The third kappa shape index (κ3) is 5.97. The van der Waals surface area contributed by atoms with Gasteiger partial charge in [0.05, 0.1) is 19.8 Å². The molecule has 0 aliphatic heterocycles. The van der Waals surface area contributed by atoms with Crippen LogP contribution in [-0.4, -0.2) is 55.9 Å². The Kier molecular flexibility index (Phi) is 8.16. The molecule has 0 aromatic heterocycles. The number of methoxy groups -OCH3 is 1. The Balaban J connectivity index is 2.75. The normalized spacial score (nSPS) is 10.8. The number of amides is 1. The van der Waals surface area contributed by atoms with Crippen molar-refractivity contribution in [2.24, 2.45) is 0 Å². The number of aliphatic hydroxyl groups is 1. The Morgan fingerprint density at radius 3 is 2.76 bits per heavy atom. The molecule has 0 spiro atoms. The van der Waals surface area contributed by atoms with Crippen molar-refractivity contribution in [1.29, 1.82) is 0 Å². The Labute approximate surface area is 125 Å². The second-order valence-electron chi connectivity index (χ2n) is 4.35. The maximum atomic E-state index is 12.1. The van der Waals surface area contributed by atoms with Crippen LogP contribution in [0.1, 0.15) is 12.5 Å². The highest BCUT2D eigenvalue weighted by atomic mass is 16.5. The number of hydrogen-bond donors (Lipinski definition) is 1. The van der Waals surface area contributed by atoms with Gasteiger partial charge < -0.3 is 19.5 Å². The van der Waals surface area contributed by atoms with E-state index in [1.807, 2.05) is 31.2 Å². The molecular weight excluding hydrogens is 270 g/mol. The number of ether oxygens (including phenoxy) is 2. The molecule has 1 rings (SSSR count). The summed E-state index contributed by atoms with van der Waals surface area (Å²) in [4.78, 5) is 13.7. The van der Waals surface area contributed by atoms with E-state index in [1.165, 1.54) is 6.08 Å². The molecule has 0 saturated carbocycles. The van der Waals surface area contributed by atoms with Gasteiger partial charge in [-0.1, -0.05) is 18.2 Å². The summed E-state index contributed by atoms with van der Waals surface area (Å²) in [6.07, 6.45) is 3.22. The first-order valence-corrected chi connectivity index (χ1v) is 7.01. The Bertz CT molecular complexity index is 459. The average molecular weight is 293 g/mol. The Morgan fingerprint density at radius 1 is 1.33 bits per heavy atom. The third-order valence-corrected chi connectivity index (χ3v) is 2.87. The number of carbonyl (C=O) groups excluding carboxylic acids is 1. The summed E-state index contributed by atoms with van der Waals surface area (Å²) in [7, 11) is 1.58. The van der Waals surface area contributed by atoms with Crippen LogP contribution in [0.3, 0.4) is 0 Å². The van der Waals surface area contributed by atoms with Crippen molar-refractivity contribution < 1.29 is 19.4 Å². The zero-order valence-electron chi connectivity index (χ0n) is 12.6. The van der Waals surface area contributed by atoms with Crippen molar-refractivity contribution in [3.63, 3.8) is 0 Å². The van der Waals surface area contributed by atoms with Crippen molar-refractivity contribution >= 4 is 12.0 Å². The molecular formula is C16H23NO4. The summed E-state index contributed by atoms with van der Waals surface area (Å²) in [5.41, 5.74) is 0.850. The molecule has 0 bridgehead atoms. The van der Waals surface area contributed by atoms with E-state index in [0.29, 0.717) is 26.3 Å². The van der Waals surface area contributed by atoms with E-state index in [9.17, 15) is 4.79 Å². The summed E-state index contributed by atoms with van der Waals surface area (Å²) in [5, 5.41) is 9.01. The number of hydrogen-bond acceptors (Lipinski definition) is 4. The molecule has 0 aliphatic rings. The average Bonchev–Trinajstić information content (AvgIpc) is 2.50. The quantitative estimate of drug-likeness (QED) is 0.702. The zero-order chi connectivity index (χ0) is 15.5. The van der Waals surface area contributed by atoms with Crippen LogP contribution in [0.4, 0.5) is 0 Å². The third-order valence-electron chi connectivity index (χ3n) is 2.87. The molecule has 5 nitrogen and oxygen atoms in total. The van der Waals surface area contributed by atoms with Crippen molar-refractivity contribution in [3.05, 3.63) is 35.9 Å². The van der Waals surface area contributed by atoms with Crippen molar-refractivity contribution in [2.75, 3.05) is 40.0 Å². The second kappa shape index (κ2) is 9.96. The van der Waals surface area contributed by atoms with Crippen molar-refractivity contribution in [2.45, 2.75) is 6.92 Å². The first kappa shape index (κ1) is 17.2. The van der Waals surface area contributed by atoms with Gasteiger partial charge in [-0.2, -0.15) is 0 Å². The predicted molar refractivity (Wildman–Crippen MR) is 82.2 cm³/mol. The lowest BCUT2D eigenvalue weighted by molar-refractivity contribution is -0.127. The number of rotatable bonds is 9. The number of carbonyl (C=O) groups is 1. The fourth-order valence-electron chi connectivity index (χ4n) is 1.83. The predicted octanol–water partition coefficient (Wildman–Crippen LogP) is 1.57. The summed E-state index contributed by atoms with van der Waals surface area (Å²) in [5.74, 6) is 0.585. The van der Waals surface area contributed by atoms with Gasteiger partial charge in [-0.05, 0) is 19.1 Å². The van der Waals surface area contributed by atoms with E-state index in [0.717, 1.165) is 11.3 Å². The van der Waals surface area contributed by atoms with E-state index in [1.54, 1.807) is 18.1 Å². The summed E-state index contributed by atoms with van der Waals surface area (Å²) < 4.78 is 10.5. The molecule has 0 radical (unpaired) electrons. The minimum absolute atomic E-state index is 0.0706. The SMILES string of the molecule is CCOc1ccccc1/C=C/C(=O)N(CCO)CCOC. The molecule has 0 saturated heterocycles. The highest BCUT2D eigenvalue weighted by Crippen LogP contribution is 2.19. The van der Waals surface area contributed by atoms with Crippen LogP contribution in [0.5, 0.6) is 5.75 Å². The van der Waals surface area contributed by atoms with E-state index < -0.39 is 0 Å². The fourth-order valence-corrected chi connectivity index (χ4v) is 1.83. The number of para-hydroxylation sites is 1. The summed E-state index contributed by atoms with van der Waals surface area (Å²) in [6.45, 7) is 3.60. The molecule has 0 unspecified atom stereocenters. The lowest BCUT2D eigenvalue weighted by atomic mass is 10.2. The smallest absolute Gasteiger partial charge is 0.246 e. The topological polar surface area (TPSA) is 59.0 Å². The molecule has 1 aromatic rings. The van der Waals surface area contributed by atoms with Crippen LogP contribution in [0.25, 0.3) is 6.08 Å². The molecule has 5 heteroatoms. The Morgan fingerprint density at radius 2 is 2.10 bits per heavy atom. The van der Waals surface area contributed by atoms with Crippen molar-refractivity contribution in [3.8, 4) is 5.75 Å². The van der Waals surface area contributed by atoms with Gasteiger partial charge >= 0.3 is 0 Å². The molecule has 1 aromatic carbocycles. The molecule has 116 valence electrons. The van der Waals surface area contributed by atoms with Gasteiger partial charge in [0.2, 0.25) is 5.91 Å². The molecule has 0 aliphatic carbocycles. The van der Waals surface area contributed by atoms with Gasteiger partial charge in [-0.25, -0.2) is 0 Å². The molecule has 0 fully saturated rings. The van der Waals surface area contributed by atoms with Gasteiger partial charge in [0.1, 0.15) is 5.75 Å². The number of nitrogens with zero attached hydrogens (tertiary/aromatic N) is 1. The van der Waals surface area contributed by atoms with Gasteiger partial charge in [0, 0.05) is 31.8 Å². The monoisotopic (exact) mass is 293 g/mol. The van der Waals surface area contributed by atoms with Gasteiger partial charge in [-0.15, -0.1) is 0 Å². The largest absolute Gasteiger partial charge is 0.493 e. The summed E-state index contributed by atoms with van der Waals surface area (Å²) in [6, 6.07) is 7.54. The van der Waals surface area contributed by atoms with Gasteiger partial charge in [-0.3, -0.25) is 4.79 Å². The van der Waals surface area contributed by atoms with Crippen LogP contribution in [0.15, 0.2) is 30.3 Å². The van der Waals surface area contributed by atoms with E-state index in [4.69, 9.17) is 14.6 Å². The van der Waals surface area contributed by atoms with E-state index in [-0.39, 0.29) is 12.5 Å². The van der Waals surface area contributed by atoms with Crippen molar-refractivity contribution in [1.82, 2.24) is 4.90 Å². The standard InChI is InChI=1S/C16H23NO4/c1-3-21-15-7-5-4-6-14(15)8-9-16(19)17(10-12-18)11-13-20-2/h4-9,18H,3,10-13H2,1-2H3/b9-8+. The molecule has 0 atom stereocenters. The fraction of sp³-hybridized carbons (Fsp3) is 0.438. The Hall–Kier alpha value is -1.85. The van der Waals surface area contributed by atoms with Gasteiger partial charge in [0.25, 0.3) is 0 Å². The lowest BCUT2D eigenvalue weighted by Gasteiger charge is -2.19. The minimum atomic E-state index is -0.160. The highest BCUT2D eigenvalue weighted by molar-refractivity contribution is 5.92. The number of benzene rings is 1. The second-order valence-corrected chi connectivity index (χ2v) is 4.35. The molecule has 1 amide bonds. The van der Waals surface area contributed by atoms with Gasteiger partial charge in [0.15, 0.2) is 0 Å². The summed E-state index contributed by atoms with van der Waals surface area (Å²) >= 11 is 0. The van der Waals surface area contributed by atoms with Crippen LogP contribution in [-0.2, 0) is 9.53 Å². The zero-order valence-corrected chi connectivity index (χ0v) is 12.6. The van der Waals surface area contributed by atoms with Crippen LogP contribution >= 0.6 is 0 Å². The number of aliphatic hydroxyl groups excluding tert-OH is 1. The maximum absolute atomic E-state index is 12.1. The highest BCUT2D eigenvalue weighted by Gasteiger charge is 2.09. The maximum Gasteiger partial charge on any atom is 0.246 e. The van der Waals surface area contributed by atoms with Crippen LogP contribution in [0, 0.1) is 0 Å². The lowest BCUT2D eigenvalue weighted by Crippen LogP contribution is -2.34.